The van der Waals surface area contributed by atoms with E-state index in [2.05, 4.69) is 58.2 Å². The Morgan fingerprint density at radius 2 is 1.57 bits per heavy atom. The zero-order valence-electron chi connectivity index (χ0n) is 15.2. The van der Waals surface area contributed by atoms with E-state index in [9.17, 15) is 0 Å². The summed E-state index contributed by atoms with van der Waals surface area (Å²) in [6.07, 6.45) is 3.84. The van der Waals surface area contributed by atoms with Crippen LogP contribution in [0.2, 0.25) is 0 Å². The highest BCUT2D eigenvalue weighted by Crippen LogP contribution is 2.45. The lowest BCUT2D eigenvalue weighted by atomic mass is 9.69. The van der Waals surface area contributed by atoms with E-state index in [0.29, 0.717) is 5.41 Å². The van der Waals surface area contributed by atoms with Crippen molar-refractivity contribution < 1.29 is 0 Å². The van der Waals surface area contributed by atoms with Crippen molar-refractivity contribution in [2.45, 2.75) is 66.3 Å². The molecule has 0 spiro atoms. The lowest BCUT2D eigenvalue weighted by Crippen LogP contribution is -2.66. The fourth-order valence-electron chi connectivity index (χ4n) is 3.35. The molecule has 1 atom stereocenters. The third kappa shape index (κ3) is 4.87. The third-order valence-electron chi connectivity index (χ3n) is 5.37. The Bertz CT molecular complexity index is 290. The van der Waals surface area contributed by atoms with Crippen LogP contribution in [-0.4, -0.2) is 41.6 Å². The molecule has 0 bridgehead atoms. The first kappa shape index (κ1) is 19.3. The van der Waals surface area contributed by atoms with E-state index in [1.807, 2.05) is 0 Å². The molecule has 1 heterocycles. The Morgan fingerprint density at radius 3 is 1.95 bits per heavy atom. The van der Waals surface area contributed by atoms with Crippen molar-refractivity contribution >= 4 is 11.8 Å². The summed E-state index contributed by atoms with van der Waals surface area (Å²) >= 11 is 2.10. The maximum absolute atomic E-state index is 6.37. The number of nitrogens with two attached hydrogens (primary N) is 1. The molecular formula is C18H38N2S. The van der Waals surface area contributed by atoms with Crippen LogP contribution in [0.1, 0.15) is 60.8 Å². The normalized spacial score (nSPS) is 26.0. The molecule has 0 aliphatic carbocycles. The molecule has 1 fully saturated rings. The van der Waals surface area contributed by atoms with Gasteiger partial charge in [-0.25, -0.2) is 0 Å². The topological polar surface area (TPSA) is 29.3 Å². The average molecular weight is 315 g/mol. The molecule has 1 rings (SSSR count). The quantitative estimate of drug-likeness (QED) is 0.726. The van der Waals surface area contributed by atoms with Gasteiger partial charge in [0.1, 0.15) is 0 Å². The summed E-state index contributed by atoms with van der Waals surface area (Å²) in [7, 11) is 0. The van der Waals surface area contributed by atoms with Gasteiger partial charge in [0, 0.05) is 17.8 Å². The summed E-state index contributed by atoms with van der Waals surface area (Å²) in [5.41, 5.74) is 6.87. The van der Waals surface area contributed by atoms with Gasteiger partial charge >= 0.3 is 0 Å². The Balaban J connectivity index is 2.94. The van der Waals surface area contributed by atoms with Crippen molar-refractivity contribution in [1.82, 2.24) is 4.90 Å². The summed E-state index contributed by atoms with van der Waals surface area (Å²) in [5, 5.41) is 0. The monoisotopic (exact) mass is 314 g/mol. The van der Waals surface area contributed by atoms with E-state index in [4.69, 9.17) is 5.73 Å². The van der Waals surface area contributed by atoms with Crippen LogP contribution < -0.4 is 5.73 Å². The van der Waals surface area contributed by atoms with Crippen LogP contribution in [0.25, 0.3) is 0 Å². The van der Waals surface area contributed by atoms with E-state index in [-0.39, 0.29) is 5.54 Å². The predicted molar refractivity (Wildman–Crippen MR) is 98.0 cm³/mol. The van der Waals surface area contributed by atoms with Crippen LogP contribution in [0.15, 0.2) is 0 Å². The maximum atomic E-state index is 6.37. The molecule has 1 unspecified atom stereocenters. The number of nitrogens with zero attached hydrogens (tertiary/aromatic N) is 1. The van der Waals surface area contributed by atoms with Gasteiger partial charge in [-0.15, -0.1) is 0 Å². The number of rotatable bonds is 8. The number of hydrogen-bond acceptors (Lipinski definition) is 3. The first-order valence-corrected chi connectivity index (χ1v) is 9.93. The molecule has 0 amide bonds. The van der Waals surface area contributed by atoms with Crippen molar-refractivity contribution in [2.75, 3.05) is 31.1 Å². The van der Waals surface area contributed by atoms with Crippen LogP contribution >= 0.6 is 11.8 Å². The Labute approximate surface area is 137 Å². The molecule has 21 heavy (non-hydrogen) atoms. The molecule has 2 N–H and O–H groups in total. The summed E-state index contributed by atoms with van der Waals surface area (Å²) < 4.78 is 0. The molecule has 3 heteroatoms. The van der Waals surface area contributed by atoms with E-state index >= 15 is 0 Å². The largest absolute Gasteiger partial charge is 0.329 e. The first-order chi connectivity index (χ1) is 9.75. The van der Waals surface area contributed by atoms with Gasteiger partial charge in [0.05, 0.1) is 0 Å². The van der Waals surface area contributed by atoms with Crippen LogP contribution in [0.4, 0.5) is 0 Å². The van der Waals surface area contributed by atoms with Gasteiger partial charge in [0.25, 0.3) is 0 Å². The van der Waals surface area contributed by atoms with E-state index in [1.54, 1.807) is 0 Å². The molecule has 1 aliphatic rings. The Morgan fingerprint density at radius 1 is 1.05 bits per heavy atom. The SMILES string of the molecule is CC(C)CCN(CCC(C)C)C1(CN)CSCCC1(C)C. The molecule has 0 saturated carbocycles. The van der Waals surface area contributed by atoms with Crippen molar-refractivity contribution in [3.8, 4) is 0 Å². The van der Waals surface area contributed by atoms with Crippen molar-refractivity contribution in [3.05, 3.63) is 0 Å². The van der Waals surface area contributed by atoms with E-state index in [1.165, 1.54) is 43.9 Å². The van der Waals surface area contributed by atoms with Gasteiger partial charge in [-0.1, -0.05) is 41.5 Å². The summed E-state index contributed by atoms with van der Waals surface area (Å²) in [6.45, 7) is 17.4. The minimum atomic E-state index is 0.180. The summed E-state index contributed by atoms with van der Waals surface area (Å²) in [5.74, 6) is 4.02. The van der Waals surface area contributed by atoms with Gasteiger partial charge in [-0.2, -0.15) is 11.8 Å². The average Bonchev–Trinajstić information content (AvgIpc) is 2.39. The molecule has 0 radical (unpaired) electrons. The zero-order chi connectivity index (χ0) is 16.1. The van der Waals surface area contributed by atoms with Gasteiger partial charge in [-0.05, 0) is 55.4 Å². The highest BCUT2D eigenvalue weighted by molar-refractivity contribution is 7.99. The fraction of sp³-hybridized carbons (Fsp3) is 1.00. The Kier molecular flexibility index (Phi) is 7.56. The molecule has 2 nitrogen and oxygen atoms in total. The molecule has 0 aromatic carbocycles. The highest BCUT2D eigenvalue weighted by atomic mass is 32.2. The van der Waals surface area contributed by atoms with Gasteiger partial charge in [0.2, 0.25) is 0 Å². The third-order valence-corrected chi connectivity index (χ3v) is 6.54. The van der Waals surface area contributed by atoms with Crippen LogP contribution in [0.5, 0.6) is 0 Å². The number of thioether (sulfide) groups is 1. The zero-order valence-corrected chi connectivity index (χ0v) is 16.1. The standard InChI is InChI=1S/C18H38N2S/c1-15(2)7-10-20(11-8-16(3)4)18(13-19)14-21-12-9-17(18,5)6/h15-16H,7-14,19H2,1-6H3. The molecule has 1 aliphatic heterocycles. The van der Waals surface area contributed by atoms with Crippen LogP contribution in [0.3, 0.4) is 0 Å². The maximum Gasteiger partial charge on any atom is 0.0472 e. The minimum Gasteiger partial charge on any atom is -0.329 e. The molecule has 126 valence electrons. The van der Waals surface area contributed by atoms with Gasteiger partial charge < -0.3 is 5.73 Å². The van der Waals surface area contributed by atoms with Crippen molar-refractivity contribution in [1.29, 1.82) is 0 Å². The Hall–Kier alpha value is 0.270. The van der Waals surface area contributed by atoms with Crippen molar-refractivity contribution in [2.24, 2.45) is 23.0 Å². The molecule has 0 aromatic heterocycles. The second kappa shape index (κ2) is 8.21. The highest BCUT2D eigenvalue weighted by Gasteiger charge is 2.49. The minimum absolute atomic E-state index is 0.180. The van der Waals surface area contributed by atoms with Crippen molar-refractivity contribution in [3.63, 3.8) is 0 Å². The number of hydrogen-bond donors (Lipinski definition) is 1. The molecule has 0 aromatic rings. The predicted octanol–water partition coefficient (Wildman–Crippen LogP) is 4.24. The summed E-state index contributed by atoms with van der Waals surface area (Å²) in [4.78, 5) is 2.76. The van der Waals surface area contributed by atoms with Gasteiger partial charge in [0.15, 0.2) is 0 Å². The second-order valence-electron chi connectivity index (χ2n) is 8.27. The van der Waals surface area contributed by atoms with E-state index in [0.717, 1.165) is 18.4 Å². The lowest BCUT2D eigenvalue weighted by molar-refractivity contribution is -0.00420. The van der Waals surface area contributed by atoms with Crippen LogP contribution in [0, 0.1) is 17.3 Å². The van der Waals surface area contributed by atoms with Gasteiger partial charge in [-0.3, -0.25) is 4.90 Å². The van der Waals surface area contributed by atoms with Crippen LogP contribution in [-0.2, 0) is 0 Å². The second-order valence-corrected chi connectivity index (χ2v) is 9.38. The molecular weight excluding hydrogens is 276 g/mol. The lowest BCUT2D eigenvalue weighted by Gasteiger charge is -2.56. The fourth-order valence-corrected chi connectivity index (χ4v) is 5.18. The first-order valence-electron chi connectivity index (χ1n) is 8.78. The van der Waals surface area contributed by atoms with E-state index < -0.39 is 0 Å². The summed E-state index contributed by atoms with van der Waals surface area (Å²) in [6, 6.07) is 0. The smallest absolute Gasteiger partial charge is 0.0472 e. The molecule has 1 saturated heterocycles.